The molecular formula is C7H11NO2S. The zero-order valence-corrected chi connectivity index (χ0v) is 7.48. The number of isothiocyanates is 1. The van der Waals surface area contributed by atoms with Gasteiger partial charge < -0.3 is 4.74 Å². The molecule has 0 fully saturated rings. The molecule has 0 saturated heterocycles. The number of methoxy groups -OCH3 is 1. The third-order valence-electron chi connectivity index (χ3n) is 1.24. The van der Waals surface area contributed by atoms with Gasteiger partial charge in [-0.3, -0.25) is 0 Å². The second kappa shape index (κ2) is 6.01. The molecule has 0 heterocycles. The largest absolute Gasteiger partial charge is 0.467 e. The van der Waals surface area contributed by atoms with Crippen molar-refractivity contribution in [1.29, 1.82) is 0 Å². The SMILES string of the molecule is CCC[C@H](N=C=S)C(=O)OC. The van der Waals surface area contributed by atoms with Crippen molar-refractivity contribution in [2.75, 3.05) is 7.11 Å². The molecular weight excluding hydrogens is 162 g/mol. The highest BCUT2D eigenvalue weighted by Crippen LogP contribution is 2.02. The van der Waals surface area contributed by atoms with E-state index in [1.165, 1.54) is 7.11 Å². The number of thiocarbonyl (C=S) groups is 1. The zero-order valence-electron chi connectivity index (χ0n) is 6.66. The lowest BCUT2D eigenvalue weighted by atomic mass is 10.2. The van der Waals surface area contributed by atoms with Crippen molar-refractivity contribution in [1.82, 2.24) is 0 Å². The van der Waals surface area contributed by atoms with Crippen LogP contribution in [0.25, 0.3) is 0 Å². The van der Waals surface area contributed by atoms with Crippen molar-refractivity contribution < 1.29 is 9.53 Å². The fourth-order valence-corrected chi connectivity index (χ4v) is 0.835. The molecule has 1 atom stereocenters. The third-order valence-corrected chi connectivity index (χ3v) is 1.35. The standard InChI is InChI=1S/C7H11NO2S/c1-3-4-6(8-5-11)7(9)10-2/h6H,3-4H2,1-2H3/t6-/m0/s1. The Morgan fingerprint density at radius 2 is 2.45 bits per heavy atom. The lowest BCUT2D eigenvalue weighted by Gasteiger charge is -2.05. The van der Waals surface area contributed by atoms with E-state index in [0.29, 0.717) is 6.42 Å². The number of carbonyl (C=O) groups excluding carboxylic acids is 1. The molecule has 0 radical (unpaired) electrons. The summed E-state index contributed by atoms with van der Waals surface area (Å²) in [6.45, 7) is 1.97. The lowest BCUT2D eigenvalue weighted by Crippen LogP contribution is -2.19. The molecule has 0 saturated carbocycles. The lowest BCUT2D eigenvalue weighted by molar-refractivity contribution is -0.142. The van der Waals surface area contributed by atoms with Crippen molar-refractivity contribution in [2.24, 2.45) is 4.99 Å². The van der Waals surface area contributed by atoms with E-state index < -0.39 is 6.04 Å². The second-order valence-corrected chi connectivity index (χ2v) is 2.23. The summed E-state index contributed by atoms with van der Waals surface area (Å²) in [4.78, 5) is 14.6. The van der Waals surface area contributed by atoms with E-state index in [4.69, 9.17) is 0 Å². The minimum atomic E-state index is -0.456. The monoisotopic (exact) mass is 173 g/mol. The van der Waals surface area contributed by atoms with Crippen LogP contribution in [-0.2, 0) is 9.53 Å². The van der Waals surface area contributed by atoms with Crippen LogP contribution < -0.4 is 0 Å². The fourth-order valence-electron chi connectivity index (χ4n) is 0.708. The number of esters is 1. The second-order valence-electron chi connectivity index (χ2n) is 2.05. The van der Waals surface area contributed by atoms with E-state index in [2.05, 4.69) is 27.1 Å². The molecule has 4 heteroatoms. The van der Waals surface area contributed by atoms with Crippen LogP contribution in [-0.4, -0.2) is 24.3 Å². The van der Waals surface area contributed by atoms with E-state index >= 15 is 0 Å². The Labute approximate surface area is 71.5 Å². The number of hydrogen-bond donors (Lipinski definition) is 0. The molecule has 0 amide bonds. The van der Waals surface area contributed by atoms with Gasteiger partial charge in [-0.2, -0.15) is 0 Å². The van der Waals surface area contributed by atoms with Crippen LogP contribution >= 0.6 is 12.2 Å². The Kier molecular flexibility index (Phi) is 5.61. The summed E-state index contributed by atoms with van der Waals surface area (Å²) in [6.07, 6.45) is 1.54. The third kappa shape index (κ3) is 3.86. The minimum absolute atomic E-state index is 0.343. The summed E-state index contributed by atoms with van der Waals surface area (Å²) in [7, 11) is 1.34. The highest BCUT2D eigenvalue weighted by atomic mass is 32.1. The molecule has 0 aromatic rings. The maximum atomic E-state index is 10.9. The van der Waals surface area contributed by atoms with Gasteiger partial charge in [0.1, 0.15) is 0 Å². The van der Waals surface area contributed by atoms with Crippen LogP contribution in [0.3, 0.4) is 0 Å². The van der Waals surface area contributed by atoms with Gasteiger partial charge in [0.05, 0.1) is 12.3 Å². The van der Waals surface area contributed by atoms with Crippen LogP contribution in [0.4, 0.5) is 0 Å². The van der Waals surface area contributed by atoms with E-state index in [1.807, 2.05) is 6.92 Å². The topological polar surface area (TPSA) is 38.7 Å². The highest BCUT2D eigenvalue weighted by Gasteiger charge is 2.15. The Morgan fingerprint density at radius 3 is 2.82 bits per heavy atom. The van der Waals surface area contributed by atoms with Gasteiger partial charge >= 0.3 is 5.97 Å². The molecule has 0 N–H and O–H groups in total. The molecule has 0 aromatic carbocycles. The van der Waals surface area contributed by atoms with Crippen LogP contribution in [0.5, 0.6) is 0 Å². The molecule has 0 spiro atoms. The summed E-state index contributed by atoms with van der Waals surface area (Å²) in [5.41, 5.74) is 0. The van der Waals surface area contributed by atoms with E-state index in [0.717, 1.165) is 6.42 Å². The van der Waals surface area contributed by atoms with Gasteiger partial charge in [-0.15, -0.1) is 0 Å². The first-order valence-corrected chi connectivity index (χ1v) is 3.81. The summed E-state index contributed by atoms with van der Waals surface area (Å²) in [6, 6.07) is -0.456. The van der Waals surface area contributed by atoms with Crippen LogP contribution in [0, 0.1) is 0 Å². The number of carbonyl (C=O) groups is 1. The Hall–Kier alpha value is -0.730. The van der Waals surface area contributed by atoms with E-state index in [1.54, 1.807) is 0 Å². The Bertz CT molecular complexity index is 175. The Morgan fingerprint density at radius 1 is 1.82 bits per heavy atom. The fraction of sp³-hybridized carbons (Fsp3) is 0.714. The van der Waals surface area contributed by atoms with Crippen molar-refractivity contribution in [2.45, 2.75) is 25.8 Å². The first-order valence-electron chi connectivity index (χ1n) is 3.41. The van der Waals surface area contributed by atoms with Crippen LogP contribution in [0.15, 0.2) is 4.99 Å². The van der Waals surface area contributed by atoms with Crippen molar-refractivity contribution in [3.63, 3.8) is 0 Å². The van der Waals surface area contributed by atoms with Crippen LogP contribution in [0.1, 0.15) is 19.8 Å². The van der Waals surface area contributed by atoms with Gasteiger partial charge in [0.15, 0.2) is 6.04 Å². The molecule has 0 bridgehead atoms. The van der Waals surface area contributed by atoms with Gasteiger partial charge in [0.25, 0.3) is 0 Å². The van der Waals surface area contributed by atoms with Gasteiger partial charge in [-0.05, 0) is 18.6 Å². The highest BCUT2D eigenvalue weighted by molar-refractivity contribution is 7.78. The summed E-state index contributed by atoms with van der Waals surface area (Å²) >= 11 is 4.39. The smallest absolute Gasteiger partial charge is 0.331 e. The maximum absolute atomic E-state index is 10.9. The zero-order chi connectivity index (χ0) is 8.69. The number of ether oxygens (including phenoxy) is 1. The summed E-state index contributed by atoms with van der Waals surface area (Å²) in [5.74, 6) is -0.343. The first kappa shape index (κ1) is 10.3. The van der Waals surface area contributed by atoms with Crippen molar-refractivity contribution in [3.8, 4) is 0 Å². The quantitative estimate of drug-likeness (QED) is 0.367. The number of aliphatic imine (C=N–C) groups is 1. The normalized spacial score (nSPS) is 11.5. The summed E-state index contributed by atoms with van der Waals surface area (Å²) in [5, 5.41) is 2.18. The molecule has 62 valence electrons. The first-order chi connectivity index (χ1) is 5.26. The van der Waals surface area contributed by atoms with E-state index in [9.17, 15) is 4.79 Å². The predicted octanol–water partition coefficient (Wildman–Crippen LogP) is 1.43. The number of rotatable bonds is 4. The maximum Gasteiger partial charge on any atom is 0.331 e. The van der Waals surface area contributed by atoms with Crippen molar-refractivity contribution in [3.05, 3.63) is 0 Å². The number of nitrogens with zero attached hydrogens (tertiary/aromatic N) is 1. The predicted molar refractivity (Wildman–Crippen MR) is 45.7 cm³/mol. The van der Waals surface area contributed by atoms with E-state index in [-0.39, 0.29) is 5.97 Å². The molecule has 0 aliphatic carbocycles. The molecule has 0 aliphatic rings. The number of hydrogen-bond acceptors (Lipinski definition) is 4. The van der Waals surface area contributed by atoms with Gasteiger partial charge in [0, 0.05) is 0 Å². The average Bonchev–Trinajstić information content (AvgIpc) is 2.03. The van der Waals surface area contributed by atoms with Gasteiger partial charge in [0.2, 0.25) is 0 Å². The van der Waals surface area contributed by atoms with Gasteiger partial charge in [-0.1, -0.05) is 13.3 Å². The van der Waals surface area contributed by atoms with Gasteiger partial charge in [-0.25, -0.2) is 9.79 Å². The molecule has 0 unspecified atom stereocenters. The molecule has 11 heavy (non-hydrogen) atoms. The average molecular weight is 173 g/mol. The Balaban J connectivity index is 4.08. The molecule has 0 aromatic heterocycles. The molecule has 0 rings (SSSR count). The van der Waals surface area contributed by atoms with Crippen LogP contribution in [0.2, 0.25) is 0 Å². The van der Waals surface area contributed by atoms with Crippen molar-refractivity contribution >= 4 is 23.3 Å². The molecule has 0 aliphatic heterocycles. The molecule has 3 nitrogen and oxygen atoms in total. The summed E-state index contributed by atoms with van der Waals surface area (Å²) < 4.78 is 4.50. The minimum Gasteiger partial charge on any atom is -0.467 e.